The third-order valence-corrected chi connectivity index (χ3v) is 2.59. The SMILES string of the molecule is CCCCCCOC(=O)N1CCCC1. The van der Waals surface area contributed by atoms with E-state index in [2.05, 4.69) is 6.92 Å². The molecule has 0 atom stereocenters. The minimum Gasteiger partial charge on any atom is -0.449 e. The topological polar surface area (TPSA) is 29.5 Å². The van der Waals surface area contributed by atoms with E-state index in [4.69, 9.17) is 4.74 Å². The van der Waals surface area contributed by atoms with Gasteiger partial charge in [0.25, 0.3) is 0 Å². The van der Waals surface area contributed by atoms with E-state index in [0.29, 0.717) is 6.61 Å². The van der Waals surface area contributed by atoms with Crippen LogP contribution in [0.1, 0.15) is 45.4 Å². The van der Waals surface area contributed by atoms with Gasteiger partial charge in [-0.1, -0.05) is 26.2 Å². The van der Waals surface area contributed by atoms with E-state index in [0.717, 1.165) is 32.4 Å². The van der Waals surface area contributed by atoms with Crippen molar-refractivity contribution < 1.29 is 9.53 Å². The summed E-state index contributed by atoms with van der Waals surface area (Å²) in [6, 6.07) is 0. The summed E-state index contributed by atoms with van der Waals surface area (Å²) >= 11 is 0. The zero-order valence-electron chi connectivity index (χ0n) is 9.13. The Morgan fingerprint density at radius 2 is 1.93 bits per heavy atom. The molecule has 82 valence electrons. The van der Waals surface area contributed by atoms with Crippen molar-refractivity contribution in [3.05, 3.63) is 0 Å². The third-order valence-electron chi connectivity index (χ3n) is 2.59. The quantitative estimate of drug-likeness (QED) is 0.637. The Morgan fingerprint density at radius 1 is 1.21 bits per heavy atom. The molecular formula is C11H21NO2. The first kappa shape index (κ1) is 11.3. The van der Waals surface area contributed by atoms with Crippen LogP contribution in [0, 0.1) is 0 Å². The van der Waals surface area contributed by atoms with Crippen LogP contribution in [0.25, 0.3) is 0 Å². The smallest absolute Gasteiger partial charge is 0.409 e. The molecule has 0 N–H and O–H groups in total. The second-order valence-corrected chi connectivity index (χ2v) is 3.87. The minimum absolute atomic E-state index is 0.112. The fourth-order valence-corrected chi connectivity index (χ4v) is 1.68. The number of hydrogen-bond acceptors (Lipinski definition) is 2. The van der Waals surface area contributed by atoms with Crippen LogP contribution in [-0.2, 0) is 4.74 Å². The van der Waals surface area contributed by atoms with Crippen molar-refractivity contribution in [2.45, 2.75) is 45.4 Å². The molecule has 1 aliphatic heterocycles. The number of unbranched alkanes of at least 4 members (excludes halogenated alkanes) is 3. The molecule has 1 amide bonds. The summed E-state index contributed by atoms with van der Waals surface area (Å²) in [4.78, 5) is 13.2. The van der Waals surface area contributed by atoms with E-state index in [-0.39, 0.29) is 6.09 Å². The highest BCUT2D eigenvalue weighted by Gasteiger charge is 2.18. The van der Waals surface area contributed by atoms with Crippen LogP contribution in [0.4, 0.5) is 4.79 Å². The summed E-state index contributed by atoms with van der Waals surface area (Å²) in [5.74, 6) is 0. The summed E-state index contributed by atoms with van der Waals surface area (Å²) < 4.78 is 5.16. The standard InChI is InChI=1S/C11H21NO2/c1-2-3-4-7-10-14-11(13)12-8-5-6-9-12/h2-10H2,1H3. The lowest BCUT2D eigenvalue weighted by Gasteiger charge is -2.14. The number of ether oxygens (including phenoxy) is 1. The number of hydrogen-bond donors (Lipinski definition) is 0. The largest absolute Gasteiger partial charge is 0.449 e. The predicted molar refractivity (Wildman–Crippen MR) is 56.3 cm³/mol. The van der Waals surface area contributed by atoms with Gasteiger partial charge in [0.05, 0.1) is 6.61 Å². The molecule has 1 saturated heterocycles. The molecule has 0 spiro atoms. The fraction of sp³-hybridized carbons (Fsp3) is 0.909. The summed E-state index contributed by atoms with van der Waals surface area (Å²) in [5, 5.41) is 0. The van der Waals surface area contributed by atoms with E-state index in [9.17, 15) is 4.79 Å². The van der Waals surface area contributed by atoms with Gasteiger partial charge in [-0.3, -0.25) is 0 Å². The lowest BCUT2D eigenvalue weighted by atomic mass is 10.2. The van der Waals surface area contributed by atoms with Crippen LogP contribution >= 0.6 is 0 Å². The van der Waals surface area contributed by atoms with E-state index < -0.39 is 0 Å². The summed E-state index contributed by atoms with van der Waals surface area (Å²) in [6.07, 6.45) is 6.79. The van der Waals surface area contributed by atoms with Crippen molar-refractivity contribution in [3.63, 3.8) is 0 Å². The molecule has 3 heteroatoms. The van der Waals surface area contributed by atoms with Crippen LogP contribution in [0.2, 0.25) is 0 Å². The molecule has 0 radical (unpaired) electrons. The molecule has 0 saturated carbocycles. The number of nitrogens with zero attached hydrogens (tertiary/aromatic N) is 1. The van der Waals surface area contributed by atoms with Gasteiger partial charge in [-0.25, -0.2) is 4.79 Å². The van der Waals surface area contributed by atoms with Gasteiger partial charge in [0.15, 0.2) is 0 Å². The van der Waals surface area contributed by atoms with Gasteiger partial charge >= 0.3 is 6.09 Å². The summed E-state index contributed by atoms with van der Waals surface area (Å²) in [5.41, 5.74) is 0. The van der Waals surface area contributed by atoms with Gasteiger partial charge in [0.1, 0.15) is 0 Å². The minimum atomic E-state index is -0.112. The van der Waals surface area contributed by atoms with Crippen molar-refractivity contribution in [2.75, 3.05) is 19.7 Å². The Hall–Kier alpha value is -0.730. The summed E-state index contributed by atoms with van der Waals surface area (Å²) in [6.45, 7) is 4.53. The van der Waals surface area contributed by atoms with Crippen molar-refractivity contribution in [3.8, 4) is 0 Å². The van der Waals surface area contributed by atoms with Crippen LogP contribution < -0.4 is 0 Å². The number of carbonyl (C=O) groups is 1. The molecule has 14 heavy (non-hydrogen) atoms. The highest BCUT2D eigenvalue weighted by atomic mass is 16.6. The van der Waals surface area contributed by atoms with Crippen LogP contribution in [0.3, 0.4) is 0 Å². The van der Waals surface area contributed by atoms with Crippen molar-refractivity contribution in [1.82, 2.24) is 4.90 Å². The first-order valence-electron chi connectivity index (χ1n) is 5.76. The average molecular weight is 199 g/mol. The first-order chi connectivity index (χ1) is 6.84. The summed E-state index contributed by atoms with van der Waals surface area (Å²) in [7, 11) is 0. The van der Waals surface area contributed by atoms with Crippen molar-refractivity contribution >= 4 is 6.09 Å². The van der Waals surface area contributed by atoms with Gasteiger partial charge < -0.3 is 9.64 Å². The molecule has 3 nitrogen and oxygen atoms in total. The van der Waals surface area contributed by atoms with Crippen LogP contribution in [0.5, 0.6) is 0 Å². The Kier molecular flexibility index (Phi) is 5.42. The molecule has 0 bridgehead atoms. The van der Waals surface area contributed by atoms with Gasteiger partial charge in [-0.15, -0.1) is 0 Å². The highest BCUT2D eigenvalue weighted by Crippen LogP contribution is 2.09. The zero-order chi connectivity index (χ0) is 10.2. The van der Waals surface area contributed by atoms with Crippen molar-refractivity contribution in [1.29, 1.82) is 0 Å². The zero-order valence-corrected chi connectivity index (χ0v) is 9.13. The number of carbonyl (C=O) groups excluding carboxylic acids is 1. The second kappa shape index (κ2) is 6.68. The number of amides is 1. The van der Waals surface area contributed by atoms with Gasteiger partial charge in [0.2, 0.25) is 0 Å². The van der Waals surface area contributed by atoms with Crippen LogP contribution in [-0.4, -0.2) is 30.7 Å². The Bertz CT molecular complexity index is 165. The molecule has 0 aromatic rings. The molecular weight excluding hydrogens is 178 g/mol. The third kappa shape index (κ3) is 3.99. The Balaban J connectivity index is 1.97. The second-order valence-electron chi connectivity index (χ2n) is 3.87. The molecule has 1 aliphatic rings. The Morgan fingerprint density at radius 3 is 2.57 bits per heavy atom. The molecule has 0 aliphatic carbocycles. The number of likely N-dealkylation sites (tertiary alicyclic amines) is 1. The normalized spacial score (nSPS) is 15.9. The van der Waals surface area contributed by atoms with Gasteiger partial charge in [0, 0.05) is 13.1 Å². The molecule has 0 unspecified atom stereocenters. The van der Waals surface area contributed by atoms with Gasteiger partial charge in [-0.05, 0) is 19.3 Å². The molecule has 0 aromatic heterocycles. The fourth-order valence-electron chi connectivity index (χ4n) is 1.68. The lowest BCUT2D eigenvalue weighted by Crippen LogP contribution is -2.28. The van der Waals surface area contributed by atoms with E-state index >= 15 is 0 Å². The monoisotopic (exact) mass is 199 g/mol. The molecule has 0 aromatic carbocycles. The average Bonchev–Trinajstić information content (AvgIpc) is 2.70. The molecule has 1 fully saturated rings. The van der Waals surface area contributed by atoms with E-state index in [1.54, 1.807) is 4.90 Å². The Labute approximate surface area is 86.4 Å². The van der Waals surface area contributed by atoms with Crippen LogP contribution in [0.15, 0.2) is 0 Å². The first-order valence-corrected chi connectivity index (χ1v) is 5.76. The molecule has 1 heterocycles. The number of rotatable bonds is 5. The maximum Gasteiger partial charge on any atom is 0.409 e. The predicted octanol–water partition coefficient (Wildman–Crippen LogP) is 2.80. The van der Waals surface area contributed by atoms with Gasteiger partial charge in [-0.2, -0.15) is 0 Å². The maximum absolute atomic E-state index is 11.4. The lowest BCUT2D eigenvalue weighted by molar-refractivity contribution is 0.109. The van der Waals surface area contributed by atoms with E-state index in [1.165, 1.54) is 19.3 Å². The van der Waals surface area contributed by atoms with E-state index in [1.807, 2.05) is 0 Å². The van der Waals surface area contributed by atoms with Crippen molar-refractivity contribution in [2.24, 2.45) is 0 Å². The maximum atomic E-state index is 11.4. The molecule has 1 rings (SSSR count). The highest BCUT2D eigenvalue weighted by molar-refractivity contribution is 5.67.